The molecule has 0 aromatic heterocycles. The van der Waals surface area contributed by atoms with Crippen molar-refractivity contribution in [3.05, 3.63) is 64.7 Å². The fourth-order valence-electron chi connectivity index (χ4n) is 2.15. The van der Waals surface area contributed by atoms with E-state index in [0.717, 1.165) is 35.7 Å². The van der Waals surface area contributed by atoms with Crippen molar-refractivity contribution in [3.63, 3.8) is 0 Å². The normalized spacial score (nSPS) is 11.4. The molecule has 2 aromatic carbocycles. The zero-order valence-electron chi connectivity index (χ0n) is 14.6. The Labute approximate surface area is 158 Å². The molecule has 0 heterocycles. The molecule has 1 amide bonds. The molecule has 0 unspecified atom stereocenters. The molecule has 0 aliphatic heterocycles. The number of hydrazone groups is 1. The summed E-state index contributed by atoms with van der Waals surface area (Å²) in [5.41, 5.74) is 5.36. The SMILES string of the molecule is CCCC/C(C)=N\NC(=O)c1ccc(CSc2ccc(Cl)cc2)cc1. The number of benzene rings is 2. The lowest BCUT2D eigenvalue weighted by Gasteiger charge is -2.05. The molecule has 2 aromatic rings. The van der Waals surface area contributed by atoms with Crippen molar-refractivity contribution >= 4 is 35.0 Å². The zero-order valence-corrected chi connectivity index (χ0v) is 16.2. The lowest BCUT2D eigenvalue weighted by Crippen LogP contribution is -2.19. The quantitative estimate of drug-likeness (QED) is 0.353. The van der Waals surface area contributed by atoms with Crippen molar-refractivity contribution < 1.29 is 4.79 Å². The number of nitrogens with one attached hydrogen (secondary N) is 1. The standard InChI is InChI=1S/C20H23ClN2OS/c1-3-4-5-15(2)22-23-20(24)17-8-6-16(7-9-17)14-25-19-12-10-18(21)11-13-19/h6-13H,3-5,14H2,1-2H3,(H,23,24)/b22-15-. The van der Waals surface area contributed by atoms with Crippen LogP contribution >= 0.6 is 23.4 Å². The van der Waals surface area contributed by atoms with Crippen LogP contribution < -0.4 is 5.43 Å². The van der Waals surface area contributed by atoms with E-state index in [1.807, 2.05) is 55.5 Å². The Morgan fingerprint density at radius 2 is 1.80 bits per heavy atom. The summed E-state index contributed by atoms with van der Waals surface area (Å²) in [6.07, 6.45) is 3.12. The van der Waals surface area contributed by atoms with Crippen LogP contribution in [0, 0.1) is 0 Å². The third-order valence-corrected chi connectivity index (χ3v) is 5.01. The lowest BCUT2D eigenvalue weighted by atomic mass is 10.1. The monoisotopic (exact) mass is 374 g/mol. The third-order valence-electron chi connectivity index (χ3n) is 3.68. The van der Waals surface area contributed by atoms with Crippen molar-refractivity contribution in [1.29, 1.82) is 0 Å². The molecule has 0 atom stereocenters. The van der Waals surface area contributed by atoms with Gasteiger partial charge in [0, 0.05) is 26.9 Å². The summed E-state index contributed by atoms with van der Waals surface area (Å²) in [6.45, 7) is 4.08. The number of hydrogen-bond donors (Lipinski definition) is 1. The first-order valence-corrected chi connectivity index (χ1v) is 9.75. The molecule has 132 valence electrons. The summed E-state index contributed by atoms with van der Waals surface area (Å²) in [4.78, 5) is 13.3. The first-order chi connectivity index (χ1) is 12.1. The van der Waals surface area contributed by atoms with Gasteiger partial charge in [-0.25, -0.2) is 5.43 Å². The van der Waals surface area contributed by atoms with E-state index in [-0.39, 0.29) is 5.91 Å². The highest BCUT2D eigenvalue weighted by molar-refractivity contribution is 7.98. The first-order valence-electron chi connectivity index (χ1n) is 8.39. The Kier molecular flexibility index (Phi) is 8.02. The minimum atomic E-state index is -0.173. The summed E-state index contributed by atoms with van der Waals surface area (Å²) in [5, 5.41) is 4.89. The van der Waals surface area contributed by atoms with Gasteiger partial charge in [-0.15, -0.1) is 11.8 Å². The minimum absolute atomic E-state index is 0.173. The number of rotatable bonds is 8. The highest BCUT2D eigenvalue weighted by atomic mass is 35.5. The van der Waals surface area contributed by atoms with Gasteiger partial charge in [0.2, 0.25) is 0 Å². The molecule has 0 saturated heterocycles. The van der Waals surface area contributed by atoms with Crippen LogP contribution in [-0.4, -0.2) is 11.6 Å². The van der Waals surface area contributed by atoms with E-state index in [9.17, 15) is 4.79 Å². The molecular formula is C20H23ClN2OS. The highest BCUT2D eigenvalue weighted by Gasteiger charge is 2.05. The van der Waals surface area contributed by atoms with Crippen LogP contribution in [0.5, 0.6) is 0 Å². The van der Waals surface area contributed by atoms with E-state index >= 15 is 0 Å². The maximum Gasteiger partial charge on any atom is 0.271 e. The molecular weight excluding hydrogens is 352 g/mol. The predicted molar refractivity (Wildman–Crippen MR) is 108 cm³/mol. The Balaban J connectivity index is 1.86. The molecule has 2 rings (SSSR count). The summed E-state index contributed by atoms with van der Waals surface area (Å²) in [7, 11) is 0. The van der Waals surface area contributed by atoms with E-state index in [1.165, 1.54) is 10.5 Å². The van der Waals surface area contributed by atoms with Gasteiger partial charge in [-0.2, -0.15) is 5.10 Å². The number of nitrogens with zero attached hydrogens (tertiary/aromatic N) is 1. The van der Waals surface area contributed by atoms with Crippen LogP contribution in [0.15, 0.2) is 58.5 Å². The van der Waals surface area contributed by atoms with Crippen molar-refractivity contribution in [2.45, 2.75) is 43.8 Å². The summed E-state index contributed by atoms with van der Waals surface area (Å²) in [6, 6.07) is 15.4. The van der Waals surface area contributed by atoms with E-state index in [0.29, 0.717) is 5.56 Å². The van der Waals surface area contributed by atoms with Gasteiger partial charge in [0.15, 0.2) is 0 Å². The number of amides is 1. The summed E-state index contributed by atoms with van der Waals surface area (Å²) < 4.78 is 0. The summed E-state index contributed by atoms with van der Waals surface area (Å²) >= 11 is 7.63. The Morgan fingerprint density at radius 1 is 1.12 bits per heavy atom. The minimum Gasteiger partial charge on any atom is -0.267 e. The van der Waals surface area contributed by atoms with Crippen LogP contribution in [0.2, 0.25) is 5.02 Å². The lowest BCUT2D eigenvalue weighted by molar-refractivity contribution is 0.0954. The number of carbonyl (C=O) groups is 1. The van der Waals surface area contributed by atoms with Crippen molar-refractivity contribution in [3.8, 4) is 0 Å². The maximum absolute atomic E-state index is 12.1. The second-order valence-corrected chi connectivity index (χ2v) is 7.32. The average molecular weight is 375 g/mol. The van der Waals surface area contributed by atoms with Crippen LogP contribution in [-0.2, 0) is 5.75 Å². The largest absolute Gasteiger partial charge is 0.271 e. The number of unbranched alkanes of at least 4 members (excludes halogenated alkanes) is 1. The van der Waals surface area contributed by atoms with E-state index in [2.05, 4.69) is 17.5 Å². The highest BCUT2D eigenvalue weighted by Crippen LogP contribution is 2.24. The molecule has 0 aliphatic carbocycles. The van der Waals surface area contributed by atoms with Gasteiger partial charge in [-0.1, -0.05) is 37.1 Å². The third kappa shape index (κ3) is 6.92. The van der Waals surface area contributed by atoms with Gasteiger partial charge in [0.25, 0.3) is 5.91 Å². The van der Waals surface area contributed by atoms with Gasteiger partial charge in [-0.3, -0.25) is 4.79 Å². The van der Waals surface area contributed by atoms with Crippen molar-refractivity contribution in [1.82, 2.24) is 5.43 Å². The molecule has 0 saturated carbocycles. The molecule has 0 spiro atoms. The van der Waals surface area contributed by atoms with Gasteiger partial charge < -0.3 is 0 Å². The van der Waals surface area contributed by atoms with E-state index in [4.69, 9.17) is 11.6 Å². The fourth-order valence-corrected chi connectivity index (χ4v) is 3.13. The van der Waals surface area contributed by atoms with Gasteiger partial charge in [0.1, 0.15) is 0 Å². The molecule has 25 heavy (non-hydrogen) atoms. The molecule has 0 aliphatic rings. The first kappa shape index (κ1) is 19.5. The maximum atomic E-state index is 12.1. The number of thioether (sulfide) groups is 1. The van der Waals surface area contributed by atoms with Gasteiger partial charge >= 0.3 is 0 Å². The van der Waals surface area contributed by atoms with Gasteiger partial charge in [0.05, 0.1) is 0 Å². The fraction of sp³-hybridized carbons (Fsp3) is 0.300. The number of halogens is 1. The second kappa shape index (κ2) is 10.3. The average Bonchev–Trinajstić information content (AvgIpc) is 2.64. The molecule has 0 radical (unpaired) electrons. The Morgan fingerprint density at radius 3 is 2.44 bits per heavy atom. The summed E-state index contributed by atoms with van der Waals surface area (Å²) in [5.74, 6) is 0.672. The van der Waals surface area contributed by atoms with E-state index in [1.54, 1.807) is 11.8 Å². The topological polar surface area (TPSA) is 41.5 Å². The van der Waals surface area contributed by atoms with Crippen molar-refractivity contribution in [2.24, 2.45) is 5.10 Å². The number of hydrogen-bond acceptors (Lipinski definition) is 3. The van der Waals surface area contributed by atoms with Crippen molar-refractivity contribution in [2.75, 3.05) is 0 Å². The second-order valence-electron chi connectivity index (χ2n) is 5.83. The smallest absolute Gasteiger partial charge is 0.267 e. The zero-order chi connectivity index (χ0) is 18.1. The molecule has 0 bridgehead atoms. The van der Waals surface area contributed by atoms with Crippen LogP contribution in [0.4, 0.5) is 0 Å². The molecule has 5 heteroatoms. The molecule has 0 fully saturated rings. The van der Waals surface area contributed by atoms with Crippen LogP contribution in [0.1, 0.15) is 49.0 Å². The molecule has 1 N–H and O–H groups in total. The number of carbonyl (C=O) groups excluding carboxylic acids is 1. The van der Waals surface area contributed by atoms with Gasteiger partial charge in [-0.05, 0) is 61.7 Å². The van der Waals surface area contributed by atoms with E-state index < -0.39 is 0 Å². The van der Waals surface area contributed by atoms with Crippen LogP contribution in [0.3, 0.4) is 0 Å². The predicted octanol–water partition coefficient (Wildman–Crippen LogP) is 5.93. The van der Waals surface area contributed by atoms with Crippen LogP contribution in [0.25, 0.3) is 0 Å². The molecule has 3 nitrogen and oxygen atoms in total. The Bertz CT molecular complexity index is 711. The Hall–Kier alpha value is -1.78.